The number of aromatic carboxylic acids is 1. The second-order valence-electron chi connectivity index (χ2n) is 3.86. The van der Waals surface area contributed by atoms with Crippen molar-refractivity contribution in [3.63, 3.8) is 0 Å². The van der Waals surface area contributed by atoms with E-state index in [1.165, 1.54) is 11.4 Å². The molecule has 0 fully saturated rings. The summed E-state index contributed by atoms with van der Waals surface area (Å²) >= 11 is 2.56. The highest BCUT2D eigenvalue weighted by Crippen LogP contribution is 2.19. The molecule has 5 nitrogen and oxygen atoms in total. The van der Waals surface area contributed by atoms with Crippen LogP contribution in [0.2, 0.25) is 0 Å². The first-order chi connectivity index (χ1) is 8.36. The fourth-order valence-electron chi connectivity index (χ4n) is 1.25. The maximum atomic E-state index is 11.9. The zero-order valence-electron chi connectivity index (χ0n) is 10.0. The SMILES string of the molecule is CSCC(C)CNS(=O)(=O)c1csc(C(=O)O)c1. The molecular weight excluding hydrogens is 294 g/mol. The summed E-state index contributed by atoms with van der Waals surface area (Å²) < 4.78 is 26.2. The zero-order chi connectivity index (χ0) is 13.8. The van der Waals surface area contributed by atoms with E-state index in [0.717, 1.165) is 17.1 Å². The van der Waals surface area contributed by atoms with E-state index in [1.54, 1.807) is 11.8 Å². The Kier molecular flexibility index (Phi) is 5.64. The number of hydrogen-bond donors (Lipinski definition) is 2. The molecule has 1 rings (SSSR count). The molecule has 0 aliphatic rings. The van der Waals surface area contributed by atoms with E-state index < -0.39 is 16.0 Å². The van der Waals surface area contributed by atoms with Crippen molar-refractivity contribution in [1.29, 1.82) is 0 Å². The van der Waals surface area contributed by atoms with Crippen LogP contribution in [0.1, 0.15) is 16.6 Å². The van der Waals surface area contributed by atoms with Gasteiger partial charge in [0.05, 0.1) is 4.90 Å². The third-order valence-electron chi connectivity index (χ3n) is 2.17. The molecule has 0 saturated heterocycles. The van der Waals surface area contributed by atoms with Gasteiger partial charge in [-0.05, 0) is 24.0 Å². The molecule has 8 heteroatoms. The monoisotopic (exact) mass is 309 g/mol. The minimum atomic E-state index is -3.60. The molecule has 1 heterocycles. The Morgan fingerprint density at radius 2 is 2.28 bits per heavy atom. The Bertz CT molecular complexity index is 509. The van der Waals surface area contributed by atoms with E-state index in [2.05, 4.69) is 4.72 Å². The molecular formula is C10H15NO4S3. The van der Waals surface area contributed by atoms with Gasteiger partial charge in [-0.2, -0.15) is 11.8 Å². The van der Waals surface area contributed by atoms with E-state index in [-0.39, 0.29) is 15.7 Å². The zero-order valence-corrected chi connectivity index (χ0v) is 12.5. The quantitative estimate of drug-likeness (QED) is 0.801. The van der Waals surface area contributed by atoms with E-state index in [9.17, 15) is 13.2 Å². The van der Waals surface area contributed by atoms with Crippen molar-refractivity contribution in [2.45, 2.75) is 11.8 Å². The molecule has 1 atom stereocenters. The van der Waals surface area contributed by atoms with Crippen molar-refractivity contribution < 1.29 is 18.3 Å². The van der Waals surface area contributed by atoms with E-state index in [4.69, 9.17) is 5.11 Å². The second-order valence-corrected chi connectivity index (χ2v) is 7.45. The van der Waals surface area contributed by atoms with Crippen LogP contribution in [-0.4, -0.2) is 38.0 Å². The lowest BCUT2D eigenvalue weighted by atomic mass is 10.2. The molecule has 0 aromatic carbocycles. The standard InChI is InChI=1S/C10H15NO4S3/c1-7(5-16-2)4-11-18(14,15)8-3-9(10(12)13)17-6-8/h3,6-7,11H,4-5H2,1-2H3,(H,12,13). The van der Waals surface area contributed by atoms with Crippen molar-refractivity contribution in [2.75, 3.05) is 18.6 Å². The van der Waals surface area contributed by atoms with Gasteiger partial charge in [-0.1, -0.05) is 6.92 Å². The van der Waals surface area contributed by atoms with E-state index >= 15 is 0 Å². The van der Waals surface area contributed by atoms with Crippen molar-refractivity contribution in [3.8, 4) is 0 Å². The van der Waals surface area contributed by atoms with Gasteiger partial charge in [0.2, 0.25) is 10.0 Å². The molecule has 0 bridgehead atoms. The van der Waals surface area contributed by atoms with Crippen molar-refractivity contribution >= 4 is 39.1 Å². The number of thioether (sulfide) groups is 1. The van der Waals surface area contributed by atoms with Gasteiger partial charge in [-0.25, -0.2) is 17.9 Å². The number of carboxylic acids is 1. The van der Waals surface area contributed by atoms with Crippen LogP contribution in [0.15, 0.2) is 16.3 Å². The van der Waals surface area contributed by atoms with Crippen LogP contribution in [-0.2, 0) is 10.0 Å². The van der Waals surface area contributed by atoms with Gasteiger partial charge < -0.3 is 5.11 Å². The lowest BCUT2D eigenvalue weighted by molar-refractivity contribution is 0.0702. The van der Waals surface area contributed by atoms with Crippen molar-refractivity contribution in [3.05, 3.63) is 16.3 Å². The molecule has 0 radical (unpaired) electrons. The Hall–Kier alpha value is -0.570. The van der Waals surface area contributed by atoms with Gasteiger partial charge in [-0.3, -0.25) is 0 Å². The summed E-state index contributed by atoms with van der Waals surface area (Å²) in [5.41, 5.74) is 0. The summed E-state index contributed by atoms with van der Waals surface area (Å²) in [7, 11) is -3.60. The number of thiophene rings is 1. The van der Waals surface area contributed by atoms with Crippen LogP contribution in [0.4, 0.5) is 0 Å². The van der Waals surface area contributed by atoms with Gasteiger partial charge in [0.15, 0.2) is 0 Å². The average molecular weight is 309 g/mol. The molecule has 0 spiro atoms. The lowest BCUT2D eigenvalue weighted by Crippen LogP contribution is -2.29. The molecule has 0 aliphatic carbocycles. The van der Waals surface area contributed by atoms with Crippen LogP contribution in [0.3, 0.4) is 0 Å². The second kappa shape index (κ2) is 6.55. The Morgan fingerprint density at radius 3 is 2.78 bits per heavy atom. The maximum absolute atomic E-state index is 11.9. The lowest BCUT2D eigenvalue weighted by Gasteiger charge is -2.10. The smallest absolute Gasteiger partial charge is 0.345 e. The predicted molar refractivity (Wildman–Crippen MR) is 74.0 cm³/mol. The summed E-state index contributed by atoms with van der Waals surface area (Å²) in [6, 6.07) is 1.18. The molecule has 2 N–H and O–H groups in total. The number of carbonyl (C=O) groups is 1. The van der Waals surface area contributed by atoms with Gasteiger partial charge in [0.25, 0.3) is 0 Å². The third kappa shape index (κ3) is 4.27. The molecule has 1 aromatic rings. The molecule has 0 saturated carbocycles. The normalized spacial score (nSPS) is 13.4. The highest BCUT2D eigenvalue weighted by Gasteiger charge is 2.18. The molecule has 18 heavy (non-hydrogen) atoms. The van der Waals surface area contributed by atoms with Gasteiger partial charge >= 0.3 is 5.97 Å². The molecule has 0 aliphatic heterocycles. The van der Waals surface area contributed by atoms with E-state index in [1.807, 2.05) is 13.2 Å². The minimum Gasteiger partial charge on any atom is -0.477 e. The highest BCUT2D eigenvalue weighted by molar-refractivity contribution is 7.98. The maximum Gasteiger partial charge on any atom is 0.345 e. The first-order valence-corrected chi connectivity index (χ1v) is 8.93. The molecule has 102 valence electrons. The highest BCUT2D eigenvalue weighted by atomic mass is 32.2. The fraction of sp³-hybridized carbons (Fsp3) is 0.500. The summed E-state index contributed by atoms with van der Waals surface area (Å²) in [6.45, 7) is 2.30. The molecule has 1 aromatic heterocycles. The largest absolute Gasteiger partial charge is 0.477 e. The fourth-order valence-corrected chi connectivity index (χ4v) is 4.21. The van der Waals surface area contributed by atoms with Crippen molar-refractivity contribution in [2.24, 2.45) is 5.92 Å². The van der Waals surface area contributed by atoms with Crippen LogP contribution in [0.25, 0.3) is 0 Å². The predicted octanol–water partition coefficient (Wildman–Crippen LogP) is 1.72. The van der Waals surface area contributed by atoms with Crippen LogP contribution in [0.5, 0.6) is 0 Å². The van der Waals surface area contributed by atoms with Gasteiger partial charge in [0.1, 0.15) is 4.88 Å². The Balaban J connectivity index is 2.71. The topological polar surface area (TPSA) is 83.5 Å². The first-order valence-electron chi connectivity index (χ1n) is 5.17. The minimum absolute atomic E-state index is 0.0150. The summed E-state index contributed by atoms with van der Waals surface area (Å²) in [4.78, 5) is 10.7. The number of carboxylic acid groups (broad SMARTS) is 1. The third-order valence-corrected chi connectivity index (χ3v) is 5.54. The number of hydrogen-bond acceptors (Lipinski definition) is 5. The first kappa shape index (κ1) is 15.5. The van der Waals surface area contributed by atoms with Crippen LogP contribution in [0, 0.1) is 5.92 Å². The summed E-state index contributed by atoms with van der Waals surface area (Å²) in [5.74, 6) is -0.0171. The van der Waals surface area contributed by atoms with Gasteiger partial charge in [-0.15, -0.1) is 11.3 Å². The molecule has 1 unspecified atom stereocenters. The number of nitrogens with one attached hydrogen (secondary N) is 1. The van der Waals surface area contributed by atoms with Gasteiger partial charge in [0, 0.05) is 11.9 Å². The Morgan fingerprint density at radius 1 is 1.61 bits per heavy atom. The van der Waals surface area contributed by atoms with Crippen LogP contribution >= 0.6 is 23.1 Å². The molecule has 0 amide bonds. The Labute approximate surface area is 115 Å². The van der Waals surface area contributed by atoms with E-state index in [0.29, 0.717) is 6.54 Å². The summed E-state index contributed by atoms with van der Waals surface area (Å²) in [6.07, 6.45) is 1.96. The van der Waals surface area contributed by atoms with Crippen LogP contribution < -0.4 is 4.72 Å². The average Bonchev–Trinajstić information content (AvgIpc) is 2.77. The number of sulfonamides is 1. The van der Waals surface area contributed by atoms with Crippen molar-refractivity contribution in [1.82, 2.24) is 4.72 Å². The number of rotatable bonds is 7. The summed E-state index contributed by atoms with van der Waals surface area (Å²) in [5, 5.41) is 10.1.